The van der Waals surface area contributed by atoms with E-state index in [0.29, 0.717) is 13.0 Å². The minimum absolute atomic E-state index is 0.0745. The summed E-state index contributed by atoms with van der Waals surface area (Å²) in [5.41, 5.74) is 5.36. The average molecular weight is 806 g/mol. The number of phosphoric ester groups is 1. The lowest BCUT2D eigenvalue weighted by Gasteiger charge is -2.20. The molecule has 0 radical (unpaired) electrons. The molecular weight excluding hydrogens is 721 g/mol. The first kappa shape index (κ1) is 53.9. The van der Waals surface area contributed by atoms with E-state index in [2.05, 4.69) is 86.8 Å². The van der Waals surface area contributed by atoms with Crippen LogP contribution in [-0.2, 0) is 27.9 Å². The third-order valence-electron chi connectivity index (χ3n) is 9.11. The molecule has 0 spiro atoms. The molecule has 8 nitrogen and oxygen atoms in total. The van der Waals surface area contributed by atoms with Crippen molar-refractivity contribution in [2.75, 3.05) is 33.0 Å². The van der Waals surface area contributed by atoms with Gasteiger partial charge in [-0.15, -0.1) is 0 Å². The van der Waals surface area contributed by atoms with Gasteiger partial charge >= 0.3 is 13.8 Å². The van der Waals surface area contributed by atoms with E-state index in [-0.39, 0.29) is 32.3 Å². The van der Waals surface area contributed by atoms with Crippen molar-refractivity contribution >= 4 is 13.8 Å². The van der Waals surface area contributed by atoms with Gasteiger partial charge in [-0.2, -0.15) is 0 Å². The second-order valence-electron chi connectivity index (χ2n) is 14.5. The fourth-order valence-corrected chi connectivity index (χ4v) is 6.62. The Morgan fingerprint density at radius 3 is 1.50 bits per heavy atom. The number of nitrogens with two attached hydrogens (primary N) is 1. The first-order valence-electron chi connectivity index (χ1n) is 22.4. The second-order valence-corrected chi connectivity index (χ2v) is 16.0. The number of phosphoric acid groups is 1. The summed E-state index contributed by atoms with van der Waals surface area (Å²) in [6.07, 6.45) is 55.1. The van der Waals surface area contributed by atoms with E-state index in [1.807, 2.05) is 0 Å². The molecular formula is C47H84NO7P. The normalized spacial score (nSPS) is 14.1. The second kappa shape index (κ2) is 44.1. The third-order valence-corrected chi connectivity index (χ3v) is 10.1. The summed E-state index contributed by atoms with van der Waals surface area (Å²) in [5.74, 6) is -0.353. The van der Waals surface area contributed by atoms with E-state index in [1.54, 1.807) is 0 Å². The van der Waals surface area contributed by atoms with Gasteiger partial charge in [-0.05, 0) is 77.0 Å². The van der Waals surface area contributed by atoms with E-state index in [9.17, 15) is 14.3 Å². The zero-order chi connectivity index (χ0) is 40.9. The predicted octanol–water partition coefficient (Wildman–Crippen LogP) is 13.5. The molecule has 0 aromatic heterocycles. The molecule has 0 aliphatic heterocycles. The number of carbonyl (C=O) groups excluding carboxylic acids is 1. The van der Waals surface area contributed by atoms with Crippen LogP contribution in [0.1, 0.15) is 181 Å². The van der Waals surface area contributed by atoms with E-state index >= 15 is 0 Å². The number of carbonyl (C=O) groups is 1. The topological polar surface area (TPSA) is 117 Å². The van der Waals surface area contributed by atoms with Crippen LogP contribution in [0.15, 0.2) is 72.9 Å². The summed E-state index contributed by atoms with van der Waals surface area (Å²) in [6, 6.07) is 0. The molecule has 0 amide bonds. The summed E-state index contributed by atoms with van der Waals surface area (Å²) >= 11 is 0. The van der Waals surface area contributed by atoms with Crippen molar-refractivity contribution < 1.29 is 32.8 Å². The van der Waals surface area contributed by atoms with Crippen LogP contribution in [0.3, 0.4) is 0 Å². The maximum absolute atomic E-state index is 12.6. The molecule has 0 saturated carbocycles. The Bertz CT molecular complexity index is 1080. The van der Waals surface area contributed by atoms with Crippen LogP contribution in [0, 0.1) is 0 Å². The quantitative estimate of drug-likeness (QED) is 0.0271. The summed E-state index contributed by atoms with van der Waals surface area (Å²) in [4.78, 5) is 22.5. The number of hydrogen-bond donors (Lipinski definition) is 2. The highest BCUT2D eigenvalue weighted by Crippen LogP contribution is 2.43. The molecule has 0 rings (SSSR count). The number of ether oxygens (including phenoxy) is 2. The Labute approximate surface area is 344 Å². The molecule has 9 heteroatoms. The number of esters is 1. The summed E-state index contributed by atoms with van der Waals surface area (Å²) in [5, 5.41) is 0. The number of unbranched alkanes of at least 4 members (excludes halogenated alkanes) is 17. The smallest absolute Gasteiger partial charge is 0.457 e. The molecule has 2 unspecified atom stereocenters. The molecule has 0 aromatic rings. The molecule has 0 bridgehead atoms. The number of allylic oxidation sites excluding steroid dienone is 12. The monoisotopic (exact) mass is 806 g/mol. The van der Waals surface area contributed by atoms with E-state index in [0.717, 1.165) is 64.2 Å². The van der Waals surface area contributed by atoms with Gasteiger partial charge in [0, 0.05) is 19.6 Å². The summed E-state index contributed by atoms with van der Waals surface area (Å²) < 4.78 is 33.3. The van der Waals surface area contributed by atoms with Crippen molar-refractivity contribution in [3.05, 3.63) is 72.9 Å². The van der Waals surface area contributed by atoms with Gasteiger partial charge in [-0.3, -0.25) is 13.8 Å². The predicted molar refractivity (Wildman–Crippen MR) is 238 cm³/mol. The lowest BCUT2D eigenvalue weighted by Crippen LogP contribution is -2.28. The maximum atomic E-state index is 12.6. The van der Waals surface area contributed by atoms with Gasteiger partial charge in [0.05, 0.1) is 19.8 Å². The number of hydrogen-bond acceptors (Lipinski definition) is 7. The minimum atomic E-state index is -4.30. The van der Waals surface area contributed by atoms with Crippen molar-refractivity contribution in [2.45, 2.75) is 187 Å². The highest BCUT2D eigenvalue weighted by Gasteiger charge is 2.25. The van der Waals surface area contributed by atoms with Crippen LogP contribution in [0.2, 0.25) is 0 Å². The van der Waals surface area contributed by atoms with Crippen LogP contribution in [-0.4, -0.2) is 49.9 Å². The SMILES string of the molecule is CC/C=C\C/C=C\C/C=C\C/C=C\CCCOCC(COP(=O)(O)OCCN)OC(=O)CCCCCCCCCCCCC/C=C\C/C=C\CCCCCCC. The number of rotatable bonds is 42. The third kappa shape index (κ3) is 43.1. The van der Waals surface area contributed by atoms with Crippen molar-refractivity contribution in [3.63, 3.8) is 0 Å². The van der Waals surface area contributed by atoms with Gasteiger partial charge in [-0.25, -0.2) is 4.57 Å². The summed E-state index contributed by atoms with van der Waals surface area (Å²) in [6.45, 7) is 4.63. The van der Waals surface area contributed by atoms with Crippen LogP contribution in [0.4, 0.5) is 0 Å². The van der Waals surface area contributed by atoms with Gasteiger partial charge in [0.1, 0.15) is 6.10 Å². The van der Waals surface area contributed by atoms with Crippen LogP contribution < -0.4 is 5.73 Å². The lowest BCUT2D eigenvalue weighted by atomic mass is 10.0. The van der Waals surface area contributed by atoms with Gasteiger partial charge in [0.25, 0.3) is 0 Å². The molecule has 0 aromatic carbocycles. The fourth-order valence-electron chi connectivity index (χ4n) is 5.85. The average Bonchev–Trinajstić information content (AvgIpc) is 3.19. The molecule has 324 valence electrons. The minimum Gasteiger partial charge on any atom is -0.457 e. The zero-order valence-electron chi connectivity index (χ0n) is 35.8. The molecule has 0 heterocycles. The van der Waals surface area contributed by atoms with Crippen molar-refractivity contribution in [2.24, 2.45) is 5.73 Å². The van der Waals surface area contributed by atoms with Gasteiger partial charge in [-0.1, -0.05) is 170 Å². The Morgan fingerprint density at radius 1 is 0.554 bits per heavy atom. The standard InChI is InChI=1S/C47H84NO7P/c1-3-5-7-9-11-13-15-17-19-20-21-22-23-24-25-26-27-28-30-32-34-36-38-40-47(49)55-46(45-54-56(50,51)53-43-41-48)44-52-42-39-37-35-33-31-29-18-16-14-12-10-8-6-4-2/h6,8,12,14-15,17-18,20-21,29,33,35,46H,3-5,7,9-11,13,16,19,22-28,30-32,34,36-45,48H2,1-2H3,(H,50,51)/b8-6-,14-12-,17-15-,21-20-,29-18-,35-33-. The highest BCUT2D eigenvalue weighted by molar-refractivity contribution is 7.47. The first-order valence-corrected chi connectivity index (χ1v) is 23.9. The van der Waals surface area contributed by atoms with Gasteiger partial charge < -0.3 is 20.1 Å². The largest absolute Gasteiger partial charge is 0.472 e. The Hall–Kier alpha value is -2.06. The van der Waals surface area contributed by atoms with Gasteiger partial charge in [0.15, 0.2) is 0 Å². The molecule has 0 fully saturated rings. The first-order chi connectivity index (χ1) is 27.4. The Morgan fingerprint density at radius 2 is 1.00 bits per heavy atom. The molecule has 3 N–H and O–H groups in total. The highest BCUT2D eigenvalue weighted by atomic mass is 31.2. The Kier molecular flexibility index (Phi) is 42.4. The Balaban J connectivity index is 4.04. The lowest BCUT2D eigenvalue weighted by molar-refractivity contribution is -0.154. The maximum Gasteiger partial charge on any atom is 0.472 e. The zero-order valence-corrected chi connectivity index (χ0v) is 36.7. The van der Waals surface area contributed by atoms with Crippen molar-refractivity contribution in [3.8, 4) is 0 Å². The van der Waals surface area contributed by atoms with Crippen molar-refractivity contribution in [1.29, 1.82) is 0 Å². The van der Waals surface area contributed by atoms with E-state index < -0.39 is 13.9 Å². The molecule has 2 atom stereocenters. The molecule has 0 aliphatic carbocycles. The van der Waals surface area contributed by atoms with Crippen LogP contribution >= 0.6 is 7.82 Å². The molecule has 56 heavy (non-hydrogen) atoms. The van der Waals surface area contributed by atoms with E-state index in [4.69, 9.17) is 24.3 Å². The van der Waals surface area contributed by atoms with Crippen LogP contribution in [0.5, 0.6) is 0 Å². The van der Waals surface area contributed by atoms with E-state index in [1.165, 1.54) is 96.3 Å². The molecule has 0 saturated heterocycles. The van der Waals surface area contributed by atoms with Crippen molar-refractivity contribution in [1.82, 2.24) is 0 Å². The summed E-state index contributed by atoms with van der Waals surface area (Å²) in [7, 11) is -4.30. The fraction of sp³-hybridized carbons (Fsp3) is 0.723. The molecule has 0 aliphatic rings. The van der Waals surface area contributed by atoms with Gasteiger partial charge in [0.2, 0.25) is 0 Å². The van der Waals surface area contributed by atoms with Crippen LogP contribution in [0.25, 0.3) is 0 Å².